The largest absolute Gasteiger partial charge is 0.490 e. The molecule has 1 saturated heterocycles. The lowest BCUT2D eigenvalue weighted by Gasteiger charge is -2.22. The smallest absolute Gasteiger partial charge is 0.479 e. The van der Waals surface area contributed by atoms with Crippen LogP contribution in [0.1, 0.15) is 42.5 Å². The summed E-state index contributed by atoms with van der Waals surface area (Å²) < 4.78 is 41.9. The Hall–Kier alpha value is -3.88. The first-order valence-electron chi connectivity index (χ1n) is 11.4. The Morgan fingerprint density at radius 1 is 0.947 bits per heavy atom. The van der Waals surface area contributed by atoms with Gasteiger partial charge >= 0.3 is 24.1 Å². The van der Waals surface area contributed by atoms with Gasteiger partial charge in [-0.3, -0.25) is 9.59 Å². The van der Waals surface area contributed by atoms with E-state index in [0.717, 1.165) is 38.8 Å². The van der Waals surface area contributed by atoms with Crippen LogP contribution in [0.5, 0.6) is 11.5 Å². The van der Waals surface area contributed by atoms with Crippen LogP contribution in [-0.2, 0) is 19.2 Å². The highest BCUT2D eigenvalue weighted by atomic mass is 19.4. The van der Waals surface area contributed by atoms with Crippen molar-refractivity contribution in [2.75, 3.05) is 32.8 Å². The van der Waals surface area contributed by atoms with Crippen LogP contribution in [0.4, 0.5) is 13.2 Å². The highest BCUT2D eigenvalue weighted by Gasteiger charge is 2.38. The number of amides is 1. The zero-order valence-corrected chi connectivity index (χ0v) is 20.2. The Labute approximate surface area is 215 Å². The van der Waals surface area contributed by atoms with Gasteiger partial charge in [-0.2, -0.15) is 13.2 Å². The van der Waals surface area contributed by atoms with Gasteiger partial charge < -0.3 is 35.4 Å². The minimum absolute atomic E-state index is 0.00199. The third-order valence-corrected chi connectivity index (χ3v) is 5.13. The van der Waals surface area contributed by atoms with Gasteiger partial charge in [-0.15, -0.1) is 0 Å². The van der Waals surface area contributed by atoms with E-state index < -0.39 is 43.1 Å². The lowest BCUT2D eigenvalue weighted by Crippen LogP contribution is -2.30. The monoisotopic (exact) mass is 550 g/mol. The summed E-state index contributed by atoms with van der Waals surface area (Å²) in [4.78, 5) is 54.8. The molecule has 212 valence electrons. The summed E-state index contributed by atoms with van der Waals surface area (Å²) >= 11 is 0. The normalized spacial score (nSPS) is 13.4. The van der Waals surface area contributed by atoms with Crippen LogP contribution in [-0.4, -0.2) is 83.9 Å². The average molecular weight is 550 g/mol. The maximum Gasteiger partial charge on any atom is 0.490 e. The summed E-state index contributed by atoms with van der Waals surface area (Å²) in [6, 6.07) is 4.00. The van der Waals surface area contributed by atoms with Crippen molar-refractivity contribution in [3.63, 3.8) is 0 Å². The topological polar surface area (TPSA) is 189 Å². The molecule has 1 aromatic rings. The number of carbonyl (C=O) groups is 5. The molecule has 0 spiro atoms. The minimum atomic E-state index is -5.08. The molecule has 0 bridgehead atoms. The van der Waals surface area contributed by atoms with Gasteiger partial charge in [0.1, 0.15) is 0 Å². The second-order valence-corrected chi connectivity index (χ2v) is 8.11. The van der Waals surface area contributed by atoms with E-state index in [0.29, 0.717) is 12.3 Å². The summed E-state index contributed by atoms with van der Waals surface area (Å²) in [7, 11) is 0. The Balaban J connectivity index is 0.000000905. The number of piperidine rings is 1. The van der Waals surface area contributed by atoms with Crippen molar-refractivity contribution < 1.29 is 61.9 Å². The van der Waals surface area contributed by atoms with E-state index in [4.69, 9.17) is 29.6 Å². The van der Waals surface area contributed by atoms with Crippen molar-refractivity contribution in [3.05, 3.63) is 23.8 Å². The predicted octanol–water partition coefficient (Wildman–Crippen LogP) is 1.72. The number of carboxylic acid groups (broad SMARTS) is 3. The molecule has 12 nitrogen and oxygen atoms in total. The molecular formula is C23H29F3N2O10. The van der Waals surface area contributed by atoms with Crippen molar-refractivity contribution in [3.8, 4) is 11.5 Å². The number of carboxylic acids is 3. The molecule has 1 heterocycles. The Morgan fingerprint density at radius 3 is 2.03 bits per heavy atom. The Kier molecular flexibility index (Phi) is 13.6. The average Bonchev–Trinajstić information content (AvgIpc) is 2.85. The van der Waals surface area contributed by atoms with Gasteiger partial charge in [0.2, 0.25) is 5.91 Å². The number of carbonyl (C=O) groups excluding carboxylic acids is 2. The van der Waals surface area contributed by atoms with Crippen molar-refractivity contribution >= 4 is 29.6 Å². The number of benzene rings is 1. The quantitative estimate of drug-likeness (QED) is 0.225. The zero-order chi connectivity index (χ0) is 28.7. The number of Topliss-reactive ketones (excluding diaryl/α,β-unsaturated/α-hetero) is 1. The fraction of sp³-hybridized carbons (Fsp3) is 0.522. The molecule has 1 aromatic carbocycles. The summed E-state index contributed by atoms with van der Waals surface area (Å²) in [6.45, 7) is 0.492. The summed E-state index contributed by atoms with van der Waals surface area (Å²) in [5, 5.41) is 30.5. The van der Waals surface area contributed by atoms with Crippen LogP contribution in [0, 0.1) is 5.92 Å². The highest BCUT2D eigenvalue weighted by Crippen LogP contribution is 2.28. The third kappa shape index (κ3) is 13.4. The second-order valence-electron chi connectivity index (χ2n) is 8.11. The van der Waals surface area contributed by atoms with Crippen LogP contribution in [0.3, 0.4) is 0 Å². The Morgan fingerprint density at radius 2 is 1.50 bits per heavy atom. The van der Waals surface area contributed by atoms with Crippen molar-refractivity contribution in [1.29, 1.82) is 0 Å². The van der Waals surface area contributed by atoms with Gasteiger partial charge in [0.25, 0.3) is 0 Å². The molecule has 1 fully saturated rings. The fourth-order valence-electron chi connectivity index (χ4n) is 3.28. The Bertz CT molecular complexity index is 979. The first-order valence-corrected chi connectivity index (χ1v) is 11.4. The molecule has 0 atom stereocenters. The lowest BCUT2D eigenvalue weighted by molar-refractivity contribution is -0.192. The standard InChI is InChI=1S/C21H28N2O8.C2HF3O2/c24-16(11-23-19(25)3-1-2-14-6-8-22-9-7-14)15-4-5-17(30-12-20(26)27)18(10-15)31-13-21(28)29;3-2(4,5)1(6)7/h4-5,10,14,22H,1-3,6-9,11-13H2,(H,23,25)(H,26,27)(H,28,29);(H,6,7). The van der Waals surface area contributed by atoms with Gasteiger partial charge in [-0.25, -0.2) is 14.4 Å². The number of rotatable bonds is 13. The number of hydrogen-bond acceptors (Lipinski definition) is 8. The van der Waals surface area contributed by atoms with Crippen LogP contribution in [0.2, 0.25) is 0 Å². The van der Waals surface area contributed by atoms with Crippen molar-refractivity contribution in [2.45, 2.75) is 38.3 Å². The first-order chi connectivity index (χ1) is 17.8. The first kappa shape index (κ1) is 32.1. The summed E-state index contributed by atoms with van der Waals surface area (Å²) in [5.74, 6) is -5.23. The van der Waals surface area contributed by atoms with Gasteiger partial charge in [0.15, 0.2) is 30.5 Å². The van der Waals surface area contributed by atoms with Crippen LogP contribution >= 0.6 is 0 Å². The van der Waals surface area contributed by atoms with Crippen LogP contribution in [0.25, 0.3) is 0 Å². The van der Waals surface area contributed by atoms with E-state index in [1.165, 1.54) is 18.2 Å². The number of halogens is 3. The maximum atomic E-state index is 12.4. The fourth-order valence-corrected chi connectivity index (χ4v) is 3.28. The predicted molar refractivity (Wildman–Crippen MR) is 123 cm³/mol. The summed E-state index contributed by atoms with van der Waals surface area (Å²) in [6.07, 6.45) is -0.720. The number of ether oxygens (including phenoxy) is 2. The molecule has 0 unspecified atom stereocenters. The molecule has 5 N–H and O–H groups in total. The molecule has 0 aromatic heterocycles. The lowest BCUT2D eigenvalue weighted by atomic mass is 9.92. The van der Waals surface area contributed by atoms with E-state index >= 15 is 0 Å². The zero-order valence-electron chi connectivity index (χ0n) is 20.2. The molecule has 0 saturated carbocycles. The number of hydrogen-bond donors (Lipinski definition) is 5. The summed E-state index contributed by atoms with van der Waals surface area (Å²) in [5.41, 5.74) is 0.179. The van der Waals surface area contributed by atoms with Crippen molar-refractivity contribution in [2.24, 2.45) is 5.92 Å². The van der Waals surface area contributed by atoms with Gasteiger partial charge in [0, 0.05) is 12.0 Å². The second kappa shape index (κ2) is 16.1. The number of ketones is 1. The van der Waals surface area contributed by atoms with E-state index in [1.54, 1.807) is 0 Å². The van der Waals surface area contributed by atoms with Gasteiger partial charge in [-0.05, 0) is 62.9 Å². The van der Waals surface area contributed by atoms with E-state index in [1.807, 2.05) is 0 Å². The molecule has 1 aliphatic rings. The molecule has 0 aliphatic carbocycles. The molecule has 2 rings (SSSR count). The number of alkyl halides is 3. The van der Waals surface area contributed by atoms with E-state index in [2.05, 4.69) is 10.6 Å². The van der Waals surface area contributed by atoms with Crippen LogP contribution in [0.15, 0.2) is 18.2 Å². The highest BCUT2D eigenvalue weighted by molar-refractivity contribution is 5.99. The van der Waals surface area contributed by atoms with Crippen LogP contribution < -0.4 is 20.1 Å². The van der Waals surface area contributed by atoms with Gasteiger partial charge in [-0.1, -0.05) is 0 Å². The number of nitrogens with one attached hydrogen (secondary N) is 2. The molecule has 15 heteroatoms. The SMILES string of the molecule is O=C(O)C(F)(F)F.O=C(O)COc1ccc(C(=O)CNC(=O)CCCC2CCNCC2)cc1OCC(=O)O. The van der Waals surface area contributed by atoms with E-state index in [-0.39, 0.29) is 29.5 Å². The molecule has 1 aliphatic heterocycles. The number of aliphatic carboxylic acids is 3. The minimum Gasteiger partial charge on any atom is -0.479 e. The van der Waals surface area contributed by atoms with Gasteiger partial charge in [0.05, 0.1) is 6.54 Å². The van der Waals surface area contributed by atoms with E-state index in [9.17, 15) is 32.3 Å². The van der Waals surface area contributed by atoms with Crippen molar-refractivity contribution in [1.82, 2.24) is 10.6 Å². The molecule has 0 radical (unpaired) electrons. The molecule has 38 heavy (non-hydrogen) atoms. The maximum absolute atomic E-state index is 12.4. The molecule has 1 amide bonds. The third-order valence-electron chi connectivity index (χ3n) is 5.13. The molecular weight excluding hydrogens is 521 g/mol.